The molecular weight excluding hydrogens is 474 g/mol. The zero-order chi connectivity index (χ0) is 24.5. The van der Waals surface area contributed by atoms with Gasteiger partial charge in [-0.25, -0.2) is 0 Å². The van der Waals surface area contributed by atoms with Crippen molar-refractivity contribution in [1.82, 2.24) is 4.90 Å². The van der Waals surface area contributed by atoms with Crippen molar-refractivity contribution in [2.75, 3.05) is 33.5 Å². The number of ether oxygens (including phenoxy) is 4. The minimum Gasteiger partial charge on any atom is -0.497 e. The minimum absolute atomic E-state index is 0.00931. The number of carbonyl (C=O) groups excluding carboxylic acids is 1. The van der Waals surface area contributed by atoms with E-state index in [0.717, 1.165) is 23.1 Å². The lowest BCUT2D eigenvalue weighted by Gasteiger charge is -2.21. The van der Waals surface area contributed by atoms with Gasteiger partial charge in [0.25, 0.3) is 5.91 Å². The predicted molar refractivity (Wildman–Crippen MR) is 140 cm³/mol. The zero-order valence-corrected chi connectivity index (χ0v) is 20.9. The van der Waals surface area contributed by atoms with Crippen LogP contribution in [-0.4, -0.2) is 50.4 Å². The maximum atomic E-state index is 13.5. The molecule has 3 heterocycles. The Labute approximate surface area is 214 Å². The normalized spacial score (nSPS) is 17.4. The molecule has 4 aromatic rings. The first-order valence-corrected chi connectivity index (χ1v) is 13.0. The lowest BCUT2D eigenvalue weighted by molar-refractivity contribution is 0.0732. The van der Waals surface area contributed by atoms with E-state index >= 15 is 0 Å². The standard InChI is InChI=1S/C29H27NO5S/c1-32-22-6-4-5-19(14-22)29(31)30-10-12-34-28-21(16-30)13-20(15-26(28)35-23-9-11-33-17-23)25-18-36-27-8-3-2-7-24(25)27/h2-8,13-15,18,23H,9-12,16-17H2,1H3. The van der Waals surface area contributed by atoms with Crippen molar-refractivity contribution in [3.63, 3.8) is 0 Å². The van der Waals surface area contributed by atoms with Crippen LogP contribution in [0.2, 0.25) is 0 Å². The van der Waals surface area contributed by atoms with Gasteiger partial charge in [-0.3, -0.25) is 4.79 Å². The van der Waals surface area contributed by atoms with E-state index < -0.39 is 0 Å². The third kappa shape index (κ3) is 4.40. The Morgan fingerprint density at radius 2 is 2.00 bits per heavy atom. The van der Waals surface area contributed by atoms with Gasteiger partial charge in [0.05, 0.1) is 26.9 Å². The number of hydrogen-bond acceptors (Lipinski definition) is 6. The second-order valence-electron chi connectivity index (χ2n) is 9.02. The fourth-order valence-corrected chi connectivity index (χ4v) is 5.80. The molecule has 184 valence electrons. The van der Waals surface area contributed by atoms with Gasteiger partial charge in [0.1, 0.15) is 18.5 Å². The van der Waals surface area contributed by atoms with Crippen LogP contribution in [0.5, 0.6) is 17.2 Å². The third-order valence-corrected chi connectivity index (χ3v) is 7.64. The van der Waals surface area contributed by atoms with E-state index in [0.29, 0.717) is 55.7 Å². The average molecular weight is 502 g/mol. The summed E-state index contributed by atoms with van der Waals surface area (Å²) in [4.78, 5) is 15.3. The molecule has 0 radical (unpaired) electrons. The summed E-state index contributed by atoms with van der Waals surface area (Å²) in [6.07, 6.45) is 0.839. The summed E-state index contributed by atoms with van der Waals surface area (Å²) < 4.78 is 24.8. The Balaban J connectivity index is 1.40. The van der Waals surface area contributed by atoms with Gasteiger partial charge in [-0.2, -0.15) is 0 Å². The quantitative estimate of drug-likeness (QED) is 0.347. The molecule has 36 heavy (non-hydrogen) atoms. The molecule has 1 aromatic heterocycles. The van der Waals surface area contributed by atoms with E-state index in [2.05, 4.69) is 41.8 Å². The van der Waals surface area contributed by atoms with Gasteiger partial charge in [0, 0.05) is 39.7 Å². The molecule has 1 unspecified atom stereocenters. The summed E-state index contributed by atoms with van der Waals surface area (Å²) in [6.45, 7) is 2.57. The van der Waals surface area contributed by atoms with Crippen LogP contribution >= 0.6 is 11.3 Å². The molecule has 1 atom stereocenters. The van der Waals surface area contributed by atoms with Crippen molar-refractivity contribution in [2.45, 2.75) is 19.1 Å². The van der Waals surface area contributed by atoms with Crippen molar-refractivity contribution in [3.05, 3.63) is 77.2 Å². The summed E-state index contributed by atoms with van der Waals surface area (Å²) in [6, 6.07) is 19.9. The molecule has 0 N–H and O–H groups in total. The summed E-state index contributed by atoms with van der Waals surface area (Å²) >= 11 is 1.73. The maximum absolute atomic E-state index is 13.5. The number of methoxy groups -OCH3 is 1. The van der Waals surface area contributed by atoms with Crippen LogP contribution < -0.4 is 14.2 Å². The molecule has 0 spiro atoms. The molecule has 1 saturated heterocycles. The number of nitrogens with zero attached hydrogens (tertiary/aromatic N) is 1. The largest absolute Gasteiger partial charge is 0.497 e. The third-order valence-electron chi connectivity index (χ3n) is 6.68. The van der Waals surface area contributed by atoms with Gasteiger partial charge in [-0.15, -0.1) is 11.3 Å². The van der Waals surface area contributed by atoms with Gasteiger partial charge < -0.3 is 23.8 Å². The molecule has 0 aliphatic carbocycles. The highest BCUT2D eigenvalue weighted by Crippen LogP contribution is 2.42. The first kappa shape index (κ1) is 22.9. The average Bonchev–Trinajstić information content (AvgIpc) is 3.53. The van der Waals surface area contributed by atoms with E-state index in [1.807, 2.05) is 23.1 Å². The molecule has 7 heteroatoms. The SMILES string of the molecule is COc1cccc(C(=O)N2CCOc3c(cc(-c4csc5ccccc45)cc3OC3CCOC3)C2)c1. The molecule has 2 aliphatic heterocycles. The monoisotopic (exact) mass is 501 g/mol. The van der Waals surface area contributed by atoms with E-state index in [1.54, 1.807) is 24.5 Å². The number of carbonyl (C=O) groups is 1. The fourth-order valence-electron chi connectivity index (χ4n) is 4.83. The van der Waals surface area contributed by atoms with Crippen LogP contribution in [0.3, 0.4) is 0 Å². The van der Waals surface area contributed by atoms with Crippen LogP contribution in [0.25, 0.3) is 21.2 Å². The van der Waals surface area contributed by atoms with Crippen molar-refractivity contribution >= 4 is 27.3 Å². The molecule has 1 amide bonds. The smallest absolute Gasteiger partial charge is 0.254 e. The van der Waals surface area contributed by atoms with Crippen molar-refractivity contribution < 1.29 is 23.7 Å². The molecule has 1 fully saturated rings. The molecule has 6 rings (SSSR count). The van der Waals surface area contributed by atoms with E-state index in [9.17, 15) is 4.79 Å². The van der Waals surface area contributed by atoms with E-state index in [4.69, 9.17) is 18.9 Å². The number of hydrogen-bond donors (Lipinski definition) is 0. The Bertz CT molecular complexity index is 1410. The Kier molecular flexibility index (Phi) is 6.25. The fraction of sp³-hybridized carbons (Fsp3) is 0.276. The highest BCUT2D eigenvalue weighted by molar-refractivity contribution is 7.17. The molecular formula is C29H27NO5S. The van der Waals surface area contributed by atoms with E-state index in [1.165, 1.54) is 10.1 Å². The zero-order valence-electron chi connectivity index (χ0n) is 20.1. The first-order chi connectivity index (χ1) is 17.7. The Morgan fingerprint density at radius 3 is 2.86 bits per heavy atom. The van der Waals surface area contributed by atoms with Crippen molar-refractivity contribution in [1.29, 1.82) is 0 Å². The van der Waals surface area contributed by atoms with Crippen LogP contribution in [0, 0.1) is 0 Å². The number of benzene rings is 3. The lowest BCUT2D eigenvalue weighted by atomic mass is 10.0. The molecule has 0 bridgehead atoms. The Hall–Kier alpha value is -3.55. The summed E-state index contributed by atoms with van der Waals surface area (Å²) in [5.41, 5.74) is 3.74. The lowest BCUT2D eigenvalue weighted by Crippen LogP contribution is -2.32. The highest BCUT2D eigenvalue weighted by Gasteiger charge is 2.27. The molecule has 2 aliphatic rings. The predicted octanol–water partition coefficient (Wildman–Crippen LogP) is 5.78. The second-order valence-corrected chi connectivity index (χ2v) is 9.93. The molecule has 6 nitrogen and oxygen atoms in total. The van der Waals surface area contributed by atoms with Gasteiger partial charge in [-0.1, -0.05) is 24.3 Å². The molecule has 3 aromatic carbocycles. The Morgan fingerprint density at radius 1 is 1.08 bits per heavy atom. The second kappa shape index (κ2) is 9.84. The van der Waals surface area contributed by atoms with E-state index in [-0.39, 0.29) is 12.0 Å². The highest BCUT2D eigenvalue weighted by atomic mass is 32.1. The van der Waals surface area contributed by atoms with Gasteiger partial charge in [-0.05, 0) is 47.3 Å². The van der Waals surface area contributed by atoms with Crippen molar-refractivity contribution in [3.8, 4) is 28.4 Å². The van der Waals surface area contributed by atoms with Gasteiger partial charge in [0.15, 0.2) is 11.5 Å². The van der Waals surface area contributed by atoms with Crippen LogP contribution in [0.1, 0.15) is 22.3 Å². The first-order valence-electron chi connectivity index (χ1n) is 12.1. The van der Waals surface area contributed by atoms with Crippen LogP contribution in [0.4, 0.5) is 0 Å². The van der Waals surface area contributed by atoms with Crippen molar-refractivity contribution in [2.24, 2.45) is 0 Å². The van der Waals surface area contributed by atoms with Crippen LogP contribution in [-0.2, 0) is 11.3 Å². The minimum atomic E-state index is -0.0524. The number of fused-ring (bicyclic) bond motifs is 2. The van der Waals surface area contributed by atoms with Gasteiger partial charge in [0.2, 0.25) is 0 Å². The number of rotatable bonds is 5. The summed E-state index contributed by atoms with van der Waals surface area (Å²) in [5.74, 6) is 2.03. The summed E-state index contributed by atoms with van der Waals surface area (Å²) in [5, 5.41) is 3.39. The number of amides is 1. The topological polar surface area (TPSA) is 57.2 Å². The summed E-state index contributed by atoms with van der Waals surface area (Å²) in [7, 11) is 1.60. The molecule has 0 saturated carbocycles. The van der Waals surface area contributed by atoms with Gasteiger partial charge >= 0.3 is 0 Å². The number of thiophene rings is 1. The maximum Gasteiger partial charge on any atom is 0.254 e. The van der Waals surface area contributed by atoms with Crippen LogP contribution in [0.15, 0.2) is 66.0 Å².